The molecule has 1 fully saturated rings. The standard InChI is InChI=1S/C16H19NO/c1-11-6-7-13-10-14(8-9-15(13)17-11)16(18)12-4-2-3-5-12/h6-10,12,16,18H,2-5H2,1H3. The van der Waals surface area contributed by atoms with Gasteiger partial charge in [-0.05, 0) is 49.4 Å². The van der Waals surface area contributed by atoms with Gasteiger partial charge in [0.25, 0.3) is 0 Å². The molecule has 18 heavy (non-hydrogen) atoms. The van der Waals surface area contributed by atoms with Crippen LogP contribution in [0.2, 0.25) is 0 Å². The van der Waals surface area contributed by atoms with Crippen molar-refractivity contribution in [2.75, 3.05) is 0 Å². The van der Waals surface area contributed by atoms with Crippen LogP contribution in [-0.2, 0) is 0 Å². The molecule has 1 aromatic heterocycles. The van der Waals surface area contributed by atoms with Crippen LogP contribution in [0.15, 0.2) is 30.3 Å². The lowest BCUT2D eigenvalue weighted by molar-refractivity contribution is 0.112. The van der Waals surface area contributed by atoms with Gasteiger partial charge in [0.15, 0.2) is 0 Å². The van der Waals surface area contributed by atoms with E-state index in [4.69, 9.17) is 0 Å². The van der Waals surface area contributed by atoms with Crippen molar-refractivity contribution < 1.29 is 5.11 Å². The molecular weight excluding hydrogens is 222 g/mol. The SMILES string of the molecule is Cc1ccc2cc(C(O)C3CCCC3)ccc2n1. The Kier molecular flexibility index (Phi) is 3.04. The van der Waals surface area contributed by atoms with Gasteiger partial charge in [0, 0.05) is 11.1 Å². The fourth-order valence-corrected chi connectivity index (χ4v) is 2.98. The van der Waals surface area contributed by atoms with Crippen molar-refractivity contribution in [1.82, 2.24) is 4.98 Å². The molecule has 1 aliphatic carbocycles. The summed E-state index contributed by atoms with van der Waals surface area (Å²) in [6.45, 7) is 2.00. The molecule has 1 N–H and O–H groups in total. The van der Waals surface area contributed by atoms with E-state index in [9.17, 15) is 5.11 Å². The maximum Gasteiger partial charge on any atom is 0.0818 e. The van der Waals surface area contributed by atoms with Crippen molar-refractivity contribution >= 4 is 10.9 Å². The third-order valence-electron chi connectivity index (χ3n) is 4.04. The smallest absolute Gasteiger partial charge is 0.0818 e. The van der Waals surface area contributed by atoms with E-state index in [1.165, 1.54) is 12.8 Å². The highest BCUT2D eigenvalue weighted by molar-refractivity contribution is 5.79. The molecule has 3 rings (SSSR count). The van der Waals surface area contributed by atoms with Gasteiger partial charge >= 0.3 is 0 Å². The molecule has 0 amide bonds. The summed E-state index contributed by atoms with van der Waals surface area (Å²) < 4.78 is 0. The van der Waals surface area contributed by atoms with Gasteiger partial charge < -0.3 is 5.11 Å². The molecule has 0 aliphatic heterocycles. The van der Waals surface area contributed by atoms with Crippen LogP contribution >= 0.6 is 0 Å². The Balaban J connectivity index is 1.94. The van der Waals surface area contributed by atoms with E-state index in [2.05, 4.69) is 17.1 Å². The van der Waals surface area contributed by atoms with E-state index in [0.717, 1.165) is 35.0 Å². The lowest BCUT2D eigenvalue weighted by Gasteiger charge is -2.18. The van der Waals surface area contributed by atoms with Gasteiger partial charge in [0.1, 0.15) is 0 Å². The molecule has 1 saturated carbocycles. The summed E-state index contributed by atoms with van der Waals surface area (Å²) in [6, 6.07) is 10.2. The van der Waals surface area contributed by atoms with Crippen molar-refractivity contribution in [2.24, 2.45) is 5.92 Å². The first-order chi connectivity index (χ1) is 8.74. The van der Waals surface area contributed by atoms with E-state index >= 15 is 0 Å². The number of hydrogen-bond donors (Lipinski definition) is 1. The Morgan fingerprint density at radius 3 is 2.72 bits per heavy atom. The lowest BCUT2D eigenvalue weighted by atomic mass is 9.93. The Hall–Kier alpha value is -1.41. The van der Waals surface area contributed by atoms with Gasteiger partial charge in [0.2, 0.25) is 0 Å². The largest absolute Gasteiger partial charge is 0.388 e. The van der Waals surface area contributed by atoms with Crippen LogP contribution in [-0.4, -0.2) is 10.1 Å². The summed E-state index contributed by atoms with van der Waals surface area (Å²) >= 11 is 0. The van der Waals surface area contributed by atoms with Gasteiger partial charge in [-0.1, -0.05) is 25.0 Å². The van der Waals surface area contributed by atoms with Crippen LogP contribution in [0.1, 0.15) is 43.0 Å². The van der Waals surface area contributed by atoms with Crippen LogP contribution < -0.4 is 0 Å². The zero-order valence-electron chi connectivity index (χ0n) is 10.8. The van der Waals surface area contributed by atoms with Gasteiger partial charge in [-0.2, -0.15) is 0 Å². The minimum absolute atomic E-state index is 0.307. The molecule has 2 heteroatoms. The lowest BCUT2D eigenvalue weighted by Crippen LogP contribution is -2.08. The first kappa shape index (κ1) is 11.7. The summed E-state index contributed by atoms with van der Waals surface area (Å²) in [5.74, 6) is 0.445. The highest BCUT2D eigenvalue weighted by Gasteiger charge is 2.24. The van der Waals surface area contributed by atoms with Crippen molar-refractivity contribution in [2.45, 2.75) is 38.7 Å². The first-order valence-electron chi connectivity index (χ1n) is 6.79. The molecule has 0 saturated heterocycles. The molecule has 1 heterocycles. The summed E-state index contributed by atoms with van der Waals surface area (Å²) in [5, 5.41) is 11.5. The Morgan fingerprint density at radius 2 is 1.94 bits per heavy atom. The molecular formula is C16H19NO. The number of rotatable bonds is 2. The molecule has 0 bridgehead atoms. The minimum atomic E-state index is -0.307. The fourth-order valence-electron chi connectivity index (χ4n) is 2.98. The van der Waals surface area contributed by atoms with Gasteiger partial charge in [-0.15, -0.1) is 0 Å². The second-order valence-corrected chi connectivity index (χ2v) is 5.39. The number of nitrogens with zero attached hydrogens (tertiary/aromatic N) is 1. The number of aliphatic hydroxyl groups excluding tert-OH is 1. The third-order valence-corrected chi connectivity index (χ3v) is 4.04. The number of aromatic nitrogens is 1. The van der Waals surface area contributed by atoms with Crippen LogP contribution in [0.4, 0.5) is 0 Å². The maximum atomic E-state index is 10.4. The predicted octanol–water partition coefficient (Wildman–Crippen LogP) is 3.77. The maximum absolute atomic E-state index is 10.4. The summed E-state index contributed by atoms with van der Waals surface area (Å²) in [7, 11) is 0. The number of benzene rings is 1. The number of aryl methyl sites for hydroxylation is 1. The van der Waals surface area contributed by atoms with E-state index in [1.807, 2.05) is 25.1 Å². The average Bonchev–Trinajstić information content (AvgIpc) is 2.91. The Bertz CT molecular complexity index is 558. The van der Waals surface area contributed by atoms with Crippen LogP contribution in [0.3, 0.4) is 0 Å². The third kappa shape index (κ3) is 2.13. The summed E-state index contributed by atoms with van der Waals surface area (Å²) in [5.41, 5.74) is 3.09. The van der Waals surface area contributed by atoms with Crippen molar-refractivity contribution in [3.63, 3.8) is 0 Å². The van der Waals surface area contributed by atoms with Crippen LogP contribution in [0.5, 0.6) is 0 Å². The van der Waals surface area contributed by atoms with E-state index in [0.29, 0.717) is 5.92 Å². The highest BCUT2D eigenvalue weighted by Crippen LogP contribution is 2.36. The van der Waals surface area contributed by atoms with E-state index in [-0.39, 0.29) is 6.10 Å². The molecule has 2 aromatic rings. The summed E-state index contributed by atoms with van der Waals surface area (Å²) in [4.78, 5) is 4.49. The number of pyridine rings is 1. The molecule has 1 atom stereocenters. The highest BCUT2D eigenvalue weighted by atomic mass is 16.3. The molecule has 0 spiro atoms. The van der Waals surface area contributed by atoms with E-state index in [1.54, 1.807) is 0 Å². The fraction of sp³-hybridized carbons (Fsp3) is 0.438. The van der Waals surface area contributed by atoms with Gasteiger partial charge in [0.05, 0.1) is 11.6 Å². The number of aliphatic hydroxyl groups is 1. The van der Waals surface area contributed by atoms with Crippen molar-refractivity contribution in [3.8, 4) is 0 Å². The molecule has 1 aliphatic rings. The zero-order chi connectivity index (χ0) is 12.5. The van der Waals surface area contributed by atoms with Crippen molar-refractivity contribution in [1.29, 1.82) is 0 Å². The summed E-state index contributed by atoms with van der Waals surface area (Å²) in [6.07, 6.45) is 4.53. The molecule has 0 radical (unpaired) electrons. The Morgan fingerprint density at radius 1 is 1.17 bits per heavy atom. The van der Waals surface area contributed by atoms with Gasteiger partial charge in [-0.25, -0.2) is 0 Å². The van der Waals surface area contributed by atoms with Gasteiger partial charge in [-0.3, -0.25) is 4.98 Å². The molecule has 1 unspecified atom stereocenters. The second-order valence-electron chi connectivity index (χ2n) is 5.39. The predicted molar refractivity (Wildman–Crippen MR) is 73.4 cm³/mol. The first-order valence-corrected chi connectivity index (χ1v) is 6.79. The van der Waals surface area contributed by atoms with Crippen LogP contribution in [0, 0.1) is 12.8 Å². The number of fused-ring (bicyclic) bond motifs is 1. The number of hydrogen-bond acceptors (Lipinski definition) is 2. The Labute approximate surface area is 108 Å². The average molecular weight is 241 g/mol. The second kappa shape index (κ2) is 4.69. The quantitative estimate of drug-likeness (QED) is 0.868. The van der Waals surface area contributed by atoms with Crippen molar-refractivity contribution in [3.05, 3.63) is 41.6 Å². The minimum Gasteiger partial charge on any atom is -0.388 e. The molecule has 1 aromatic carbocycles. The monoisotopic (exact) mass is 241 g/mol. The van der Waals surface area contributed by atoms with Crippen LogP contribution in [0.25, 0.3) is 10.9 Å². The molecule has 94 valence electrons. The van der Waals surface area contributed by atoms with E-state index < -0.39 is 0 Å². The zero-order valence-corrected chi connectivity index (χ0v) is 10.8. The normalized spacial score (nSPS) is 18.3. The molecule has 2 nitrogen and oxygen atoms in total. The topological polar surface area (TPSA) is 33.1 Å².